The SMILES string of the molecule is CNc1ccccc1S(=O)(=O)N(CCN(C)C)CC(C)C. The molecule has 0 unspecified atom stereocenters. The van der Waals surface area contributed by atoms with Crippen LogP contribution < -0.4 is 5.32 Å². The number of nitrogens with one attached hydrogen (secondary N) is 1. The van der Waals surface area contributed by atoms with E-state index >= 15 is 0 Å². The van der Waals surface area contributed by atoms with Crippen LogP contribution in [0.5, 0.6) is 0 Å². The Kier molecular flexibility index (Phi) is 6.64. The van der Waals surface area contributed by atoms with Crippen molar-refractivity contribution in [1.29, 1.82) is 0 Å². The van der Waals surface area contributed by atoms with Crippen LogP contribution in [0, 0.1) is 5.92 Å². The molecule has 1 aromatic carbocycles. The maximum absolute atomic E-state index is 12.9. The summed E-state index contributed by atoms with van der Waals surface area (Å²) in [4.78, 5) is 2.33. The first-order valence-electron chi connectivity index (χ1n) is 7.20. The lowest BCUT2D eigenvalue weighted by atomic mass is 10.2. The molecule has 0 radical (unpaired) electrons. The summed E-state index contributed by atoms with van der Waals surface area (Å²) in [6.07, 6.45) is 0. The van der Waals surface area contributed by atoms with Crippen LogP contribution in [0.4, 0.5) is 5.69 Å². The first-order chi connectivity index (χ1) is 9.78. The van der Waals surface area contributed by atoms with Crippen LogP contribution in [0.25, 0.3) is 0 Å². The molecule has 0 bridgehead atoms. The van der Waals surface area contributed by atoms with Gasteiger partial charge in [-0.1, -0.05) is 26.0 Å². The van der Waals surface area contributed by atoms with Crippen molar-refractivity contribution in [3.63, 3.8) is 0 Å². The van der Waals surface area contributed by atoms with E-state index in [1.165, 1.54) is 0 Å². The van der Waals surface area contributed by atoms with Gasteiger partial charge in [-0.15, -0.1) is 0 Å². The van der Waals surface area contributed by atoms with Gasteiger partial charge in [0, 0.05) is 26.7 Å². The monoisotopic (exact) mass is 313 g/mol. The Morgan fingerprint density at radius 1 is 1.14 bits per heavy atom. The fourth-order valence-electron chi connectivity index (χ4n) is 2.07. The summed E-state index contributed by atoms with van der Waals surface area (Å²) in [6.45, 7) is 5.78. The van der Waals surface area contributed by atoms with Crippen molar-refractivity contribution in [2.45, 2.75) is 18.7 Å². The van der Waals surface area contributed by atoms with Gasteiger partial charge in [0.05, 0.1) is 5.69 Å². The number of benzene rings is 1. The fraction of sp³-hybridized carbons (Fsp3) is 0.600. The molecule has 0 aliphatic heterocycles. The van der Waals surface area contributed by atoms with Gasteiger partial charge in [0.25, 0.3) is 0 Å². The summed E-state index contributed by atoms with van der Waals surface area (Å²) in [5.74, 6) is 0.281. The van der Waals surface area contributed by atoms with Gasteiger partial charge in [0.2, 0.25) is 10.0 Å². The largest absolute Gasteiger partial charge is 0.387 e. The molecule has 21 heavy (non-hydrogen) atoms. The zero-order valence-electron chi connectivity index (χ0n) is 13.6. The number of hydrogen-bond donors (Lipinski definition) is 1. The number of hydrogen-bond acceptors (Lipinski definition) is 4. The van der Waals surface area contributed by atoms with Crippen LogP contribution in [0.2, 0.25) is 0 Å². The zero-order valence-corrected chi connectivity index (χ0v) is 14.4. The van der Waals surface area contributed by atoms with Crippen LogP contribution in [0.3, 0.4) is 0 Å². The summed E-state index contributed by atoms with van der Waals surface area (Å²) < 4.78 is 27.4. The highest BCUT2D eigenvalue weighted by Gasteiger charge is 2.27. The Labute approximate surface area is 129 Å². The van der Waals surface area contributed by atoms with Crippen molar-refractivity contribution in [2.24, 2.45) is 5.92 Å². The molecule has 0 aromatic heterocycles. The molecule has 0 heterocycles. The molecule has 0 amide bonds. The van der Waals surface area contributed by atoms with Crippen molar-refractivity contribution in [2.75, 3.05) is 46.1 Å². The van der Waals surface area contributed by atoms with Crippen LogP contribution in [-0.2, 0) is 10.0 Å². The van der Waals surface area contributed by atoms with Crippen LogP contribution in [0.15, 0.2) is 29.2 Å². The van der Waals surface area contributed by atoms with Crippen molar-refractivity contribution in [3.05, 3.63) is 24.3 Å². The summed E-state index contributed by atoms with van der Waals surface area (Å²) in [7, 11) is 2.14. The second-order valence-corrected chi connectivity index (χ2v) is 7.71. The van der Waals surface area contributed by atoms with Crippen molar-refractivity contribution < 1.29 is 8.42 Å². The molecule has 120 valence electrons. The average molecular weight is 313 g/mol. The quantitative estimate of drug-likeness (QED) is 0.797. The van der Waals surface area contributed by atoms with E-state index in [9.17, 15) is 8.42 Å². The van der Waals surface area contributed by atoms with Gasteiger partial charge in [-0.05, 0) is 32.1 Å². The highest BCUT2D eigenvalue weighted by Crippen LogP contribution is 2.24. The molecule has 1 rings (SSSR count). The van der Waals surface area contributed by atoms with Crippen molar-refractivity contribution in [1.82, 2.24) is 9.21 Å². The summed E-state index contributed by atoms with van der Waals surface area (Å²) >= 11 is 0. The third-order valence-electron chi connectivity index (χ3n) is 3.14. The molecule has 0 aliphatic rings. The smallest absolute Gasteiger partial charge is 0.245 e. The fourth-order valence-corrected chi connectivity index (χ4v) is 3.86. The lowest BCUT2D eigenvalue weighted by Gasteiger charge is -2.26. The molecule has 0 saturated heterocycles. The van der Waals surface area contributed by atoms with Crippen LogP contribution in [-0.4, -0.2) is 58.4 Å². The highest BCUT2D eigenvalue weighted by atomic mass is 32.2. The topological polar surface area (TPSA) is 52.7 Å². The third kappa shape index (κ3) is 4.98. The second-order valence-electron chi connectivity index (χ2n) is 5.81. The van der Waals surface area contributed by atoms with E-state index in [0.717, 1.165) is 0 Å². The number of para-hydroxylation sites is 1. The predicted molar refractivity (Wildman–Crippen MR) is 88.1 cm³/mol. The number of nitrogens with zero attached hydrogens (tertiary/aromatic N) is 2. The maximum atomic E-state index is 12.9. The average Bonchev–Trinajstić information content (AvgIpc) is 2.42. The van der Waals surface area contributed by atoms with E-state index < -0.39 is 10.0 Å². The molecule has 6 heteroatoms. The third-order valence-corrected chi connectivity index (χ3v) is 5.06. The predicted octanol–water partition coefficient (Wildman–Crippen LogP) is 1.94. The van der Waals surface area contributed by atoms with Crippen molar-refractivity contribution in [3.8, 4) is 0 Å². The molecule has 1 N–H and O–H groups in total. The lowest BCUT2D eigenvalue weighted by Crippen LogP contribution is -2.39. The van der Waals surface area contributed by atoms with E-state index in [1.54, 1.807) is 29.6 Å². The number of likely N-dealkylation sites (N-methyl/N-ethyl adjacent to an activating group) is 1. The van der Waals surface area contributed by atoms with Crippen LogP contribution in [0.1, 0.15) is 13.8 Å². The Morgan fingerprint density at radius 3 is 2.29 bits per heavy atom. The molecule has 0 spiro atoms. The number of sulfonamides is 1. The molecular weight excluding hydrogens is 286 g/mol. The molecule has 0 saturated carbocycles. The van der Waals surface area contributed by atoms with Gasteiger partial charge in [-0.25, -0.2) is 8.42 Å². The molecular formula is C15H27N3O2S. The molecule has 1 aromatic rings. The summed E-state index contributed by atoms with van der Waals surface area (Å²) in [5.41, 5.74) is 0.635. The van der Waals surface area contributed by atoms with E-state index in [2.05, 4.69) is 5.32 Å². The maximum Gasteiger partial charge on any atom is 0.245 e. The number of rotatable bonds is 8. The Balaban J connectivity index is 3.13. The standard InChI is InChI=1S/C15H27N3O2S/c1-13(2)12-18(11-10-17(4)5)21(19,20)15-9-7-6-8-14(15)16-3/h6-9,13,16H,10-12H2,1-5H3. The van der Waals surface area contributed by atoms with Gasteiger partial charge in [-0.2, -0.15) is 4.31 Å². The Hall–Kier alpha value is -1.11. The first kappa shape index (κ1) is 17.9. The minimum absolute atomic E-state index is 0.281. The van der Waals surface area contributed by atoms with E-state index in [1.807, 2.05) is 38.9 Å². The van der Waals surface area contributed by atoms with E-state index in [4.69, 9.17) is 0 Å². The van der Waals surface area contributed by atoms with Gasteiger partial charge < -0.3 is 10.2 Å². The van der Waals surface area contributed by atoms with Gasteiger partial charge in [-0.3, -0.25) is 0 Å². The van der Waals surface area contributed by atoms with Gasteiger partial charge >= 0.3 is 0 Å². The van der Waals surface area contributed by atoms with Gasteiger partial charge in [0.1, 0.15) is 4.90 Å². The Morgan fingerprint density at radius 2 is 1.76 bits per heavy atom. The minimum Gasteiger partial charge on any atom is -0.387 e. The first-order valence-corrected chi connectivity index (χ1v) is 8.64. The molecule has 0 atom stereocenters. The number of anilines is 1. The second kappa shape index (κ2) is 7.77. The Bertz CT molecular complexity index is 542. The summed E-state index contributed by atoms with van der Waals surface area (Å²) in [5, 5.41) is 2.96. The van der Waals surface area contributed by atoms with Crippen LogP contribution >= 0.6 is 0 Å². The molecule has 5 nitrogen and oxygen atoms in total. The normalized spacial score (nSPS) is 12.4. The van der Waals surface area contributed by atoms with Gasteiger partial charge in [0.15, 0.2) is 0 Å². The molecule has 0 fully saturated rings. The zero-order chi connectivity index (χ0) is 16.0. The van der Waals surface area contributed by atoms with E-state index in [-0.39, 0.29) is 5.92 Å². The molecule has 0 aliphatic carbocycles. The van der Waals surface area contributed by atoms with E-state index in [0.29, 0.717) is 30.2 Å². The minimum atomic E-state index is -3.49. The highest BCUT2D eigenvalue weighted by molar-refractivity contribution is 7.89. The lowest BCUT2D eigenvalue weighted by molar-refractivity contribution is 0.313. The summed E-state index contributed by atoms with van der Waals surface area (Å²) in [6, 6.07) is 7.03. The van der Waals surface area contributed by atoms with Crippen molar-refractivity contribution >= 4 is 15.7 Å².